The molecule has 3 nitrogen and oxygen atoms in total. The lowest BCUT2D eigenvalue weighted by atomic mass is 9.91. The molecule has 1 aromatic carbocycles. The highest BCUT2D eigenvalue weighted by Crippen LogP contribution is 2.22. The number of benzene rings is 1. The molecule has 0 saturated carbocycles. The second-order valence-corrected chi connectivity index (χ2v) is 5.45. The smallest absolute Gasteiger partial charge is 0.256 e. The summed E-state index contributed by atoms with van der Waals surface area (Å²) in [6.07, 6.45) is 1.98. The minimum absolute atomic E-state index is 0.0676. The fourth-order valence-corrected chi connectivity index (χ4v) is 2.61. The van der Waals surface area contributed by atoms with Crippen LogP contribution in [0.3, 0.4) is 0 Å². The molecule has 0 aromatic heterocycles. The zero-order valence-corrected chi connectivity index (χ0v) is 11.5. The number of hydrogen-bond donors (Lipinski definition) is 1. The lowest BCUT2D eigenvalue weighted by Gasteiger charge is -2.34. The number of carbonyl (C=O) groups excluding carboxylic acids is 1. The molecule has 1 heterocycles. The summed E-state index contributed by atoms with van der Waals surface area (Å²) in [7, 11) is 0. The molecule has 0 bridgehead atoms. The summed E-state index contributed by atoms with van der Waals surface area (Å²) >= 11 is 0. The maximum absolute atomic E-state index is 14.0. The van der Waals surface area contributed by atoms with Crippen LogP contribution in [0.5, 0.6) is 0 Å². The Morgan fingerprint density at radius 1 is 1.53 bits per heavy atom. The Kier molecular flexibility index (Phi) is 4.20. The SMILES string of the molecule is Cc1cccc(C(=O)N2CCCC(C(C)N)C2)c1F. The number of likely N-dealkylation sites (tertiary alicyclic amines) is 1. The molecule has 1 aromatic rings. The third-order valence-electron chi connectivity index (χ3n) is 3.91. The third kappa shape index (κ3) is 2.95. The molecule has 1 fully saturated rings. The van der Waals surface area contributed by atoms with E-state index in [0.717, 1.165) is 12.8 Å². The lowest BCUT2D eigenvalue weighted by Crippen LogP contribution is -2.45. The Morgan fingerprint density at radius 3 is 2.95 bits per heavy atom. The largest absolute Gasteiger partial charge is 0.338 e. The van der Waals surface area contributed by atoms with Gasteiger partial charge in [0.2, 0.25) is 0 Å². The standard InChI is InChI=1S/C15H21FN2O/c1-10-5-3-7-13(14(10)16)15(19)18-8-4-6-12(9-18)11(2)17/h3,5,7,11-12H,4,6,8-9,17H2,1-2H3. The van der Waals surface area contributed by atoms with Crippen molar-refractivity contribution in [1.82, 2.24) is 4.90 Å². The van der Waals surface area contributed by atoms with Gasteiger partial charge in [0, 0.05) is 19.1 Å². The van der Waals surface area contributed by atoms with Gasteiger partial charge < -0.3 is 10.6 Å². The average molecular weight is 264 g/mol. The van der Waals surface area contributed by atoms with Gasteiger partial charge in [-0.05, 0) is 44.2 Å². The second-order valence-electron chi connectivity index (χ2n) is 5.45. The molecule has 2 N–H and O–H groups in total. The van der Waals surface area contributed by atoms with Crippen molar-refractivity contribution >= 4 is 5.91 Å². The fourth-order valence-electron chi connectivity index (χ4n) is 2.61. The van der Waals surface area contributed by atoms with Crippen LogP contribution in [0.2, 0.25) is 0 Å². The van der Waals surface area contributed by atoms with Crippen molar-refractivity contribution in [3.63, 3.8) is 0 Å². The van der Waals surface area contributed by atoms with E-state index in [1.807, 2.05) is 6.92 Å². The molecular weight excluding hydrogens is 243 g/mol. The highest BCUT2D eigenvalue weighted by atomic mass is 19.1. The topological polar surface area (TPSA) is 46.3 Å². The van der Waals surface area contributed by atoms with Crippen LogP contribution in [-0.4, -0.2) is 29.9 Å². The second kappa shape index (κ2) is 5.70. The minimum Gasteiger partial charge on any atom is -0.338 e. The van der Waals surface area contributed by atoms with Gasteiger partial charge in [-0.3, -0.25) is 4.79 Å². The van der Waals surface area contributed by atoms with Crippen molar-refractivity contribution < 1.29 is 9.18 Å². The summed E-state index contributed by atoms with van der Waals surface area (Å²) in [5.41, 5.74) is 6.59. The normalized spacial score (nSPS) is 21.3. The molecule has 0 spiro atoms. The first kappa shape index (κ1) is 14.0. The monoisotopic (exact) mass is 264 g/mol. The van der Waals surface area contributed by atoms with Gasteiger partial charge in [0.1, 0.15) is 5.82 Å². The van der Waals surface area contributed by atoms with Crippen LogP contribution < -0.4 is 5.73 Å². The molecule has 1 aliphatic rings. The highest BCUT2D eigenvalue weighted by molar-refractivity contribution is 5.94. The van der Waals surface area contributed by atoms with Crippen molar-refractivity contribution in [3.8, 4) is 0 Å². The van der Waals surface area contributed by atoms with E-state index in [0.29, 0.717) is 24.6 Å². The maximum atomic E-state index is 14.0. The van der Waals surface area contributed by atoms with Gasteiger partial charge >= 0.3 is 0 Å². The Labute approximate surface area is 113 Å². The van der Waals surface area contributed by atoms with Gasteiger partial charge in [0.15, 0.2) is 0 Å². The lowest BCUT2D eigenvalue weighted by molar-refractivity contribution is 0.0656. The summed E-state index contributed by atoms with van der Waals surface area (Å²) in [6, 6.07) is 5.02. The summed E-state index contributed by atoms with van der Waals surface area (Å²) in [4.78, 5) is 14.1. The van der Waals surface area contributed by atoms with E-state index >= 15 is 0 Å². The molecule has 1 amide bonds. The van der Waals surface area contributed by atoms with Crippen molar-refractivity contribution in [2.45, 2.75) is 32.7 Å². The molecule has 1 aliphatic heterocycles. The minimum atomic E-state index is -0.407. The van der Waals surface area contributed by atoms with Crippen LogP contribution in [0.15, 0.2) is 18.2 Å². The Hall–Kier alpha value is -1.42. The van der Waals surface area contributed by atoms with E-state index in [4.69, 9.17) is 5.73 Å². The predicted molar refractivity (Wildman–Crippen MR) is 73.4 cm³/mol. The molecule has 2 rings (SSSR count). The first-order valence-electron chi connectivity index (χ1n) is 6.80. The van der Waals surface area contributed by atoms with E-state index in [2.05, 4.69) is 0 Å². The van der Waals surface area contributed by atoms with E-state index in [9.17, 15) is 9.18 Å². The molecule has 0 aliphatic carbocycles. The van der Waals surface area contributed by atoms with Crippen LogP contribution in [0.25, 0.3) is 0 Å². The van der Waals surface area contributed by atoms with Crippen LogP contribution in [0, 0.1) is 18.7 Å². The van der Waals surface area contributed by atoms with Gasteiger partial charge in [-0.25, -0.2) is 4.39 Å². The van der Waals surface area contributed by atoms with Crippen molar-refractivity contribution in [2.75, 3.05) is 13.1 Å². The first-order chi connectivity index (χ1) is 9.00. The Morgan fingerprint density at radius 2 is 2.26 bits per heavy atom. The number of rotatable bonds is 2. The molecule has 104 valence electrons. The molecule has 19 heavy (non-hydrogen) atoms. The first-order valence-corrected chi connectivity index (χ1v) is 6.80. The number of amides is 1. The number of carbonyl (C=O) groups is 1. The summed E-state index contributed by atoms with van der Waals surface area (Å²) in [5.74, 6) is -0.312. The summed E-state index contributed by atoms with van der Waals surface area (Å²) < 4.78 is 14.0. The molecule has 2 atom stereocenters. The van der Waals surface area contributed by atoms with Crippen molar-refractivity contribution in [2.24, 2.45) is 11.7 Å². The number of halogens is 1. The molecular formula is C15H21FN2O. The predicted octanol–water partition coefficient (Wildman–Crippen LogP) is 2.33. The van der Waals surface area contributed by atoms with E-state index in [-0.39, 0.29) is 17.5 Å². The van der Waals surface area contributed by atoms with Gasteiger partial charge in [-0.2, -0.15) is 0 Å². The number of nitrogens with two attached hydrogens (primary N) is 1. The molecule has 1 saturated heterocycles. The van der Waals surface area contributed by atoms with Crippen LogP contribution >= 0.6 is 0 Å². The Balaban J connectivity index is 2.17. The van der Waals surface area contributed by atoms with Crippen LogP contribution in [0.1, 0.15) is 35.7 Å². The zero-order valence-electron chi connectivity index (χ0n) is 11.5. The quantitative estimate of drug-likeness (QED) is 0.891. The van der Waals surface area contributed by atoms with E-state index in [1.54, 1.807) is 30.0 Å². The van der Waals surface area contributed by atoms with E-state index < -0.39 is 5.82 Å². The van der Waals surface area contributed by atoms with Gasteiger partial charge in [-0.1, -0.05) is 12.1 Å². The number of piperidine rings is 1. The number of nitrogens with zero attached hydrogens (tertiary/aromatic N) is 1. The van der Waals surface area contributed by atoms with Crippen LogP contribution in [0.4, 0.5) is 4.39 Å². The molecule has 0 radical (unpaired) electrons. The maximum Gasteiger partial charge on any atom is 0.256 e. The number of hydrogen-bond acceptors (Lipinski definition) is 2. The third-order valence-corrected chi connectivity index (χ3v) is 3.91. The molecule has 4 heteroatoms. The van der Waals surface area contributed by atoms with Crippen molar-refractivity contribution in [1.29, 1.82) is 0 Å². The van der Waals surface area contributed by atoms with Crippen molar-refractivity contribution in [3.05, 3.63) is 35.1 Å². The van der Waals surface area contributed by atoms with Gasteiger partial charge in [0.25, 0.3) is 5.91 Å². The van der Waals surface area contributed by atoms with E-state index in [1.165, 1.54) is 0 Å². The summed E-state index contributed by atoms with van der Waals surface area (Å²) in [5, 5.41) is 0. The highest BCUT2D eigenvalue weighted by Gasteiger charge is 2.27. The number of aryl methyl sites for hydroxylation is 1. The van der Waals surface area contributed by atoms with Gasteiger partial charge in [0.05, 0.1) is 5.56 Å². The zero-order chi connectivity index (χ0) is 14.0. The average Bonchev–Trinajstić information content (AvgIpc) is 2.41. The summed E-state index contributed by atoms with van der Waals surface area (Å²) in [6.45, 7) is 4.96. The van der Waals surface area contributed by atoms with Gasteiger partial charge in [-0.15, -0.1) is 0 Å². The molecule has 2 unspecified atom stereocenters. The fraction of sp³-hybridized carbons (Fsp3) is 0.533. The Bertz CT molecular complexity index is 473. The van der Waals surface area contributed by atoms with Crippen LogP contribution in [-0.2, 0) is 0 Å².